The van der Waals surface area contributed by atoms with E-state index in [4.69, 9.17) is 22.0 Å². The van der Waals surface area contributed by atoms with Crippen LogP contribution in [0.15, 0.2) is 60.9 Å². The van der Waals surface area contributed by atoms with Gasteiger partial charge < -0.3 is 16.2 Å². The summed E-state index contributed by atoms with van der Waals surface area (Å²) in [4.78, 5) is 16.8. The Kier molecular flexibility index (Phi) is 4.56. The van der Waals surface area contributed by atoms with Crippen molar-refractivity contribution in [3.8, 4) is 11.8 Å². The van der Waals surface area contributed by atoms with Gasteiger partial charge in [-0.05, 0) is 29.8 Å². The van der Waals surface area contributed by atoms with E-state index in [1.165, 1.54) is 11.2 Å². The number of hydrazine groups is 1. The predicted molar refractivity (Wildman–Crippen MR) is 107 cm³/mol. The summed E-state index contributed by atoms with van der Waals surface area (Å²) in [5.41, 5.74) is 13.5. The van der Waals surface area contributed by atoms with E-state index in [1.54, 1.807) is 24.4 Å². The highest BCUT2D eigenvalue weighted by atomic mass is 16.5. The number of nitrogens with two attached hydrogens (primary N) is 3. The fraction of sp³-hybridized carbons (Fsp3) is 0.0526. The van der Waals surface area contributed by atoms with Crippen LogP contribution in [-0.2, 0) is 6.54 Å². The van der Waals surface area contributed by atoms with E-state index < -0.39 is 0 Å². The van der Waals surface area contributed by atoms with Crippen LogP contribution in [0, 0.1) is 0 Å². The normalized spacial score (nSPS) is 10.8. The Morgan fingerprint density at radius 1 is 0.929 bits per heavy atom. The first kappa shape index (κ1) is 17.4. The molecule has 4 aromatic rings. The van der Waals surface area contributed by atoms with Crippen LogP contribution in [0.4, 0.5) is 17.5 Å². The van der Waals surface area contributed by atoms with E-state index in [0.29, 0.717) is 24.1 Å². The van der Waals surface area contributed by atoms with Gasteiger partial charge in [0, 0.05) is 17.6 Å². The molecule has 28 heavy (non-hydrogen) atoms. The highest BCUT2D eigenvalue weighted by molar-refractivity contribution is 5.79. The molecule has 0 radical (unpaired) electrons. The largest absolute Gasteiger partial charge is 0.419 e. The monoisotopic (exact) mass is 374 g/mol. The first-order chi connectivity index (χ1) is 13.6. The predicted octanol–water partition coefficient (Wildman–Crippen LogP) is 2.26. The van der Waals surface area contributed by atoms with Crippen molar-refractivity contribution in [1.29, 1.82) is 0 Å². The van der Waals surface area contributed by atoms with Gasteiger partial charge in [-0.1, -0.05) is 18.2 Å². The van der Waals surface area contributed by atoms with E-state index in [0.717, 1.165) is 16.5 Å². The number of hydrogen-bond donors (Lipinski definition) is 3. The molecule has 0 atom stereocenters. The highest BCUT2D eigenvalue weighted by Crippen LogP contribution is 2.24. The zero-order valence-electron chi connectivity index (χ0n) is 14.9. The molecule has 0 aliphatic heterocycles. The minimum absolute atomic E-state index is 0.192. The van der Waals surface area contributed by atoms with Crippen LogP contribution < -0.4 is 27.1 Å². The number of nitrogens with zero attached hydrogens (tertiary/aromatic N) is 5. The molecule has 0 bridgehead atoms. The van der Waals surface area contributed by atoms with Gasteiger partial charge in [0.2, 0.25) is 11.8 Å². The van der Waals surface area contributed by atoms with Gasteiger partial charge >= 0.3 is 0 Å². The molecule has 0 aliphatic carbocycles. The smallest absolute Gasteiger partial charge is 0.241 e. The summed E-state index contributed by atoms with van der Waals surface area (Å²) in [5, 5.41) is 2.44. The van der Waals surface area contributed by atoms with E-state index >= 15 is 0 Å². The number of aromatic nitrogens is 4. The number of rotatable bonds is 5. The second-order valence-corrected chi connectivity index (χ2v) is 6.08. The number of nitrogen functional groups attached to an aromatic ring is 2. The van der Waals surface area contributed by atoms with Gasteiger partial charge in [0.05, 0.1) is 18.3 Å². The van der Waals surface area contributed by atoms with E-state index in [1.807, 2.05) is 30.3 Å². The van der Waals surface area contributed by atoms with Gasteiger partial charge in [-0.2, -0.15) is 9.97 Å². The Bertz CT molecular complexity index is 1130. The SMILES string of the molecule is Nc1cccc(Oc2cnc(N)c(N(N)Cc3ccc4ncccc4c3)n2)n1. The third-order valence-electron chi connectivity index (χ3n) is 4.01. The lowest BCUT2D eigenvalue weighted by atomic mass is 10.1. The molecule has 9 nitrogen and oxygen atoms in total. The summed E-state index contributed by atoms with van der Waals surface area (Å²) in [6, 6.07) is 14.9. The van der Waals surface area contributed by atoms with Crippen LogP contribution in [0.2, 0.25) is 0 Å². The first-order valence-corrected chi connectivity index (χ1v) is 8.47. The number of anilines is 3. The third-order valence-corrected chi connectivity index (χ3v) is 4.01. The molecule has 0 fully saturated rings. The maximum atomic E-state index is 6.20. The molecule has 140 valence electrons. The average Bonchev–Trinajstić information content (AvgIpc) is 2.69. The Morgan fingerprint density at radius 3 is 2.68 bits per heavy atom. The van der Waals surface area contributed by atoms with Crippen molar-refractivity contribution in [3.63, 3.8) is 0 Å². The summed E-state index contributed by atoms with van der Waals surface area (Å²) in [6.45, 7) is 0.379. The molecule has 0 saturated carbocycles. The molecule has 1 aromatic carbocycles. The number of pyridine rings is 2. The van der Waals surface area contributed by atoms with Crippen molar-refractivity contribution >= 4 is 28.4 Å². The zero-order valence-corrected chi connectivity index (χ0v) is 14.9. The van der Waals surface area contributed by atoms with Gasteiger partial charge in [0.15, 0.2) is 11.6 Å². The minimum atomic E-state index is 0.192. The standard InChI is InChI=1S/C19H18N8O/c20-15-4-1-5-16(25-15)28-17-10-24-18(21)19(26-17)27(22)11-12-6-7-14-13(9-12)3-2-8-23-14/h1-10H,11,22H2,(H2,20,25)(H2,21,24). The molecule has 0 saturated heterocycles. The third kappa shape index (κ3) is 3.74. The molecular formula is C19H18N8O. The molecule has 6 N–H and O–H groups in total. The first-order valence-electron chi connectivity index (χ1n) is 8.47. The second-order valence-electron chi connectivity index (χ2n) is 6.08. The van der Waals surface area contributed by atoms with Crippen molar-refractivity contribution in [2.45, 2.75) is 6.54 Å². The molecule has 9 heteroatoms. The highest BCUT2D eigenvalue weighted by Gasteiger charge is 2.13. The minimum Gasteiger partial charge on any atom is -0.419 e. The van der Waals surface area contributed by atoms with Crippen molar-refractivity contribution in [2.24, 2.45) is 5.84 Å². The Hall–Kier alpha value is -3.98. The maximum Gasteiger partial charge on any atom is 0.241 e. The van der Waals surface area contributed by atoms with E-state index in [9.17, 15) is 0 Å². The quantitative estimate of drug-likeness (QED) is 0.354. The molecule has 4 rings (SSSR count). The van der Waals surface area contributed by atoms with Crippen LogP contribution in [-0.4, -0.2) is 19.9 Å². The lowest BCUT2D eigenvalue weighted by Crippen LogP contribution is -2.32. The number of ether oxygens (including phenoxy) is 1. The van der Waals surface area contributed by atoms with Crippen LogP contribution in [0.1, 0.15) is 5.56 Å². The summed E-state index contributed by atoms with van der Waals surface area (Å²) in [6.07, 6.45) is 3.16. The molecule has 0 unspecified atom stereocenters. The summed E-state index contributed by atoms with van der Waals surface area (Å²) < 4.78 is 5.60. The van der Waals surface area contributed by atoms with Gasteiger partial charge in [0.25, 0.3) is 0 Å². The second kappa shape index (κ2) is 7.33. The molecule has 3 aromatic heterocycles. The van der Waals surface area contributed by atoms with Gasteiger partial charge in [-0.3, -0.25) is 9.99 Å². The summed E-state index contributed by atoms with van der Waals surface area (Å²) in [7, 11) is 0. The molecule has 0 amide bonds. The van der Waals surface area contributed by atoms with Crippen molar-refractivity contribution in [3.05, 3.63) is 66.5 Å². The summed E-state index contributed by atoms with van der Waals surface area (Å²) in [5.74, 6) is 7.54. The Balaban J connectivity index is 1.56. The van der Waals surface area contributed by atoms with Crippen molar-refractivity contribution in [2.75, 3.05) is 16.5 Å². The van der Waals surface area contributed by atoms with Crippen LogP contribution in [0.25, 0.3) is 10.9 Å². The maximum absolute atomic E-state index is 6.20. The van der Waals surface area contributed by atoms with Crippen molar-refractivity contribution in [1.82, 2.24) is 19.9 Å². The van der Waals surface area contributed by atoms with Gasteiger partial charge in [-0.25, -0.2) is 10.8 Å². The fourth-order valence-electron chi connectivity index (χ4n) is 2.72. The topological polar surface area (TPSA) is 142 Å². The van der Waals surface area contributed by atoms with Crippen LogP contribution in [0.3, 0.4) is 0 Å². The Labute approximate surface area is 160 Å². The summed E-state index contributed by atoms with van der Waals surface area (Å²) >= 11 is 0. The van der Waals surface area contributed by atoms with E-state index in [2.05, 4.69) is 19.9 Å². The Morgan fingerprint density at radius 2 is 1.82 bits per heavy atom. The molecular weight excluding hydrogens is 356 g/mol. The number of hydrogen-bond acceptors (Lipinski definition) is 9. The fourth-order valence-corrected chi connectivity index (χ4v) is 2.72. The van der Waals surface area contributed by atoms with Gasteiger partial charge in [0.1, 0.15) is 5.82 Å². The molecule has 0 spiro atoms. The number of benzene rings is 1. The lowest BCUT2D eigenvalue weighted by Gasteiger charge is -2.19. The lowest BCUT2D eigenvalue weighted by molar-refractivity contribution is 0.443. The zero-order chi connectivity index (χ0) is 19.5. The average molecular weight is 374 g/mol. The van der Waals surface area contributed by atoms with Crippen molar-refractivity contribution < 1.29 is 4.74 Å². The van der Waals surface area contributed by atoms with Crippen LogP contribution in [0.5, 0.6) is 11.8 Å². The molecule has 0 aliphatic rings. The van der Waals surface area contributed by atoms with Crippen LogP contribution >= 0.6 is 0 Å². The number of fused-ring (bicyclic) bond motifs is 1. The van der Waals surface area contributed by atoms with Gasteiger partial charge in [-0.15, -0.1) is 0 Å². The van der Waals surface area contributed by atoms with E-state index in [-0.39, 0.29) is 11.7 Å². The molecule has 3 heterocycles.